The van der Waals surface area contributed by atoms with E-state index in [1.54, 1.807) is 11.8 Å². The summed E-state index contributed by atoms with van der Waals surface area (Å²) in [4.78, 5) is 4.20. The van der Waals surface area contributed by atoms with Gasteiger partial charge in [-0.1, -0.05) is 15.9 Å². The van der Waals surface area contributed by atoms with Gasteiger partial charge in [0.2, 0.25) is 0 Å². The van der Waals surface area contributed by atoms with Gasteiger partial charge in [-0.15, -0.1) is 0 Å². The Bertz CT molecular complexity index is 541. The molecule has 5 nitrogen and oxygen atoms in total. The third-order valence-electron chi connectivity index (χ3n) is 2.72. The molecule has 0 radical (unpaired) electrons. The van der Waals surface area contributed by atoms with Crippen molar-refractivity contribution in [3.8, 4) is 0 Å². The average Bonchev–Trinajstić information content (AvgIpc) is 2.81. The van der Waals surface area contributed by atoms with Crippen molar-refractivity contribution in [1.29, 1.82) is 0 Å². The van der Waals surface area contributed by atoms with Crippen LogP contribution in [0.3, 0.4) is 0 Å². The van der Waals surface area contributed by atoms with Crippen LogP contribution in [0.5, 0.6) is 0 Å². The summed E-state index contributed by atoms with van der Waals surface area (Å²) >= 11 is 3.28. The van der Waals surface area contributed by atoms with Crippen LogP contribution in [0.1, 0.15) is 11.4 Å². The molecular formula is C13H16BrFN4O. The quantitative estimate of drug-likeness (QED) is 0.781. The summed E-state index contributed by atoms with van der Waals surface area (Å²) in [6.45, 7) is 2.47. The number of ether oxygens (including phenoxy) is 1. The van der Waals surface area contributed by atoms with Crippen molar-refractivity contribution < 1.29 is 9.13 Å². The summed E-state index contributed by atoms with van der Waals surface area (Å²) in [7, 11) is 1.66. The van der Waals surface area contributed by atoms with E-state index in [0.717, 1.165) is 17.9 Å². The van der Waals surface area contributed by atoms with Crippen LogP contribution >= 0.6 is 15.9 Å². The molecule has 7 heteroatoms. The molecule has 0 amide bonds. The number of methoxy groups -OCH3 is 1. The molecule has 20 heavy (non-hydrogen) atoms. The molecule has 0 unspecified atom stereocenters. The van der Waals surface area contributed by atoms with Crippen LogP contribution in [0.2, 0.25) is 0 Å². The Morgan fingerprint density at radius 2 is 2.25 bits per heavy atom. The second-order valence-corrected chi connectivity index (χ2v) is 5.20. The van der Waals surface area contributed by atoms with Crippen molar-refractivity contribution in [3.63, 3.8) is 0 Å². The van der Waals surface area contributed by atoms with E-state index in [1.807, 2.05) is 6.07 Å². The first-order chi connectivity index (χ1) is 9.69. The van der Waals surface area contributed by atoms with Crippen molar-refractivity contribution in [2.75, 3.05) is 20.3 Å². The van der Waals surface area contributed by atoms with Crippen LogP contribution < -0.4 is 5.32 Å². The lowest BCUT2D eigenvalue weighted by Crippen LogP contribution is -2.21. The van der Waals surface area contributed by atoms with E-state index in [9.17, 15) is 4.39 Å². The highest BCUT2D eigenvalue weighted by Crippen LogP contribution is 2.15. The topological polar surface area (TPSA) is 52.0 Å². The second kappa shape index (κ2) is 7.47. The fraction of sp³-hybridized carbons (Fsp3) is 0.385. The molecule has 0 saturated heterocycles. The van der Waals surface area contributed by atoms with Gasteiger partial charge in [-0.2, -0.15) is 5.10 Å². The number of halogens is 2. The van der Waals surface area contributed by atoms with Crippen LogP contribution in [0.25, 0.3) is 0 Å². The Morgan fingerprint density at radius 1 is 1.40 bits per heavy atom. The summed E-state index contributed by atoms with van der Waals surface area (Å²) in [5.74, 6) is 0.538. The van der Waals surface area contributed by atoms with Gasteiger partial charge in [0.05, 0.1) is 19.7 Å². The molecular weight excluding hydrogens is 327 g/mol. The Labute approximate surface area is 125 Å². The highest BCUT2D eigenvalue weighted by atomic mass is 79.9. The summed E-state index contributed by atoms with van der Waals surface area (Å²) in [6, 6.07) is 4.79. The standard InChI is InChI=1S/C13H16BrFN4O/c1-20-3-2-16-7-13-17-9-18-19(13)8-10-4-11(14)6-12(15)5-10/h4-6,9,16H,2-3,7-8H2,1H3. The van der Waals surface area contributed by atoms with Gasteiger partial charge >= 0.3 is 0 Å². The molecule has 2 aromatic rings. The molecule has 0 atom stereocenters. The van der Waals surface area contributed by atoms with Gasteiger partial charge in [-0.3, -0.25) is 0 Å². The third-order valence-corrected chi connectivity index (χ3v) is 3.17. The molecule has 0 aliphatic heterocycles. The summed E-state index contributed by atoms with van der Waals surface area (Å²) in [5, 5.41) is 7.37. The van der Waals surface area contributed by atoms with E-state index >= 15 is 0 Å². The summed E-state index contributed by atoms with van der Waals surface area (Å²) in [6.07, 6.45) is 1.50. The van der Waals surface area contributed by atoms with Gasteiger partial charge in [-0.25, -0.2) is 14.1 Å². The van der Waals surface area contributed by atoms with Gasteiger partial charge < -0.3 is 10.1 Å². The van der Waals surface area contributed by atoms with Crippen LogP contribution in [0.15, 0.2) is 29.0 Å². The molecule has 0 aliphatic carbocycles. The Kier molecular flexibility index (Phi) is 5.63. The van der Waals surface area contributed by atoms with Crippen LogP contribution in [0.4, 0.5) is 4.39 Å². The SMILES string of the molecule is COCCNCc1ncnn1Cc1cc(F)cc(Br)c1. The minimum atomic E-state index is -0.269. The smallest absolute Gasteiger partial charge is 0.141 e. The molecule has 1 N–H and O–H groups in total. The maximum absolute atomic E-state index is 13.3. The second-order valence-electron chi connectivity index (χ2n) is 4.28. The maximum atomic E-state index is 13.3. The minimum absolute atomic E-state index is 0.269. The van der Waals surface area contributed by atoms with Crippen LogP contribution in [-0.2, 0) is 17.8 Å². The normalized spacial score (nSPS) is 10.9. The average molecular weight is 343 g/mol. The van der Waals surface area contributed by atoms with E-state index in [2.05, 4.69) is 31.3 Å². The molecule has 1 aromatic heterocycles. The number of nitrogens with zero attached hydrogens (tertiary/aromatic N) is 3. The molecule has 0 aliphatic rings. The molecule has 1 heterocycles. The van der Waals surface area contributed by atoms with Gasteiger partial charge in [0.25, 0.3) is 0 Å². The maximum Gasteiger partial charge on any atom is 0.141 e. The lowest BCUT2D eigenvalue weighted by molar-refractivity contribution is 0.198. The largest absolute Gasteiger partial charge is 0.383 e. The third kappa shape index (κ3) is 4.36. The van der Waals surface area contributed by atoms with Crippen molar-refractivity contribution in [1.82, 2.24) is 20.1 Å². The number of benzene rings is 1. The Hall–Kier alpha value is -1.31. The first-order valence-electron chi connectivity index (χ1n) is 6.20. The van der Waals surface area contributed by atoms with E-state index in [-0.39, 0.29) is 5.82 Å². The van der Waals surface area contributed by atoms with Gasteiger partial charge in [0.15, 0.2) is 0 Å². The zero-order valence-electron chi connectivity index (χ0n) is 11.1. The van der Waals surface area contributed by atoms with Crippen molar-refractivity contribution in [2.45, 2.75) is 13.1 Å². The molecule has 108 valence electrons. The molecule has 0 spiro atoms. The van der Waals surface area contributed by atoms with Gasteiger partial charge in [0.1, 0.15) is 18.0 Å². The zero-order valence-corrected chi connectivity index (χ0v) is 12.7. The zero-order chi connectivity index (χ0) is 14.4. The Balaban J connectivity index is 2.00. The monoisotopic (exact) mass is 342 g/mol. The number of aromatic nitrogens is 3. The molecule has 0 bridgehead atoms. The fourth-order valence-electron chi connectivity index (χ4n) is 1.81. The lowest BCUT2D eigenvalue weighted by Gasteiger charge is -2.08. The predicted octanol–water partition coefficient (Wildman–Crippen LogP) is 1.96. The van der Waals surface area contributed by atoms with E-state index in [0.29, 0.717) is 24.2 Å². The summed E-state index contributed by atoms with van der Waals surface area (Å²) < 4.78 is 20.8. The highest BCUT2D eigenvalue weighted by molar-refractivity contribution is 9.10. The van der Waals surface area contributed by atoms with Crippen LogP contribution in [-0.4, -0.2) is 35.0 Å². The first kappa shape index (κ1) is 15.1. The van der Waals surface area contributed by atoms with Crippen molar-refractivity contribution >= 4 is 15.9 Å². The van der Waals surface area contributed by atoms with E-state index in [4.69, 9.17) is 4.74 Å². The number of nitrogens with one attached hydrogen (secondary N) is 1. The number of hydrogen-bond donors (Lipinski definition) is 1. The Morgan fingerprint density at radius 3 is 3.00 bits per heavy atom. The predicted molar refractivity (Wildman–Crippen MR) is 76.8 cm³/mol. The van der Waals surface area contributed by atoms with Gasteiger partial charge in [-0.05, 0) is 23.8 Å². The first-order valence-corrected chi connectivity index (χ1v) is 6.99. The highest BCUT2D eigenvalue weighted by Gasteiger charge is 2.06. The summed E-state index contributed by atoms with van der Waals surface area (Å²) in [5.41, 5.74) is 0.834. The molecule has 0 fully saturated rings. The van der Waals surface area contributed by atoms with E-state index < -0.39 is 0 Å². The van der Waals surface area contributed by atoms with Crippen molar-refractivity contribution in [2.24, 2.45) is 0 Å². The molecule has 2 rings (SSSR count). The number of rotatable bonds is 7. The van der Waals surface area contributed by atoms with Crippen molar-refractivity contribution in [3.05, 3.63) is 46.2 Å². The van der Waals surface area contributed by atoms with Crippen LogP contribution in [0, 0.1) is 5.82 Å². The minimum Gasteiger partial charge on any atom is -0.383 e. The van der Waals surface area contributed by atoms with Gasteiger partial charge in [0, 0.05) is 18.1 Å². The lowest BCUT2D eigenvalue weighted by atomic mass is 10.2. The van der Waals surface area contributed by atoms with E-state index in [1.165, 1.54) is 18.5 Å². The fourth-order valence-corrected chi connectivity index (χ4v) is 2.32. The molecule has 0 saturated carbocycles. The molecule has 1 aromatic carbocycles. The number of hydrogen-bond acceptors (Lipinski definition) is 4.